The maximum Gasteiger partial charge on any atom is 0.318 e. The average molecular weight is 326 g/mol. The van der Waals surface area contributed by atoms with E-state index < -0.39 is 0 Å². The van der Waals surface area contributed by atoms with Crippen molar-refractivity contribution in [1.29, 1.82) is 0 Å². The van der Waals surface area contributed by atoms with Crippen molar-refractivity contribution in [2.75, 3.05) is 6.54 Å². The summed E-state index contributed by atoms with van der Waals surface area (Å²) in [7, 11) is 0. The van der Waals surface area contributed by atoms with E-state index in [1.807, 2.05) is 30.3 Å². The van der Waals surface area contributed by atoms with Crippen LogP contribution in [0, 0.1) is 0 Å². The van der Waals surface area contributed by atoms with Crippen LogP contribution in [0.4, 0.5) is 4.79 Å². The molecule has 0 bridgehead atoms. The van der Waals surface area contributed by atoms with Crippen molar-refractivity contribution in [2.24, 2.45) is 0 Å². The van der Waals surface area contributed by atoms with Crippen LogP contribution in [-0.4, -0.2) is 27.7 Å². The number of likely N-dealkylation sites (tertiary alicyclic amines) is 1. The molecular formula is C19H22N2O3. The first-order valence-corrected chi connectivity index (χ1v) is 8.25. The second kappa shape index (κ2) is 7.25. The molecule has 2 aromatic rings. The Hall–Kier alpha value is -2.69. The van der Waals surface area contributed by atoms with E-state index >= 15 is 0 Å². The smallest absolute Gasteiger partial charge is 0.318 e. The Morgan fingerprint density at radius 1 is 1.12 bits per heavy atom. The number of hydrogen-bond donors (Lipinski definition) is 3. The zero-order valence-corrected chi connectivity index (χ0v) is 13.5. The van der Waals surface area contributed by atoms with Crippen LogP contribution in [0.3, 0.4) is 0 Å². The summed E-state index contributed by atoms with van der Waals surface area (Å²) in [6.45, 7) is 1.13. The minimum atomic E-state index is -0.171. The number of nitrogens with zero attached hydrogens (tertiary/aromatic N) is 1. The fourth-order valence-electron chi connectivity index (χ4n) is 3.19. The fourth-order valence-corrected chi connectivity index (χ4v) is 3.19. The number of nitrogens with one attached hydrogen (secondary N) is 1. The summed E-state index contributed by atoms with van der Waals surface area (Å²) < 4.78 is 0. The van der Waals surface area contributed by atoms with Gasteiger partial charge in [-0.2, -0.15) is 0 Å². The number of carbonyl (C=O) groups excluding carboxylic acids is 1. The van der Waals surface area contributed by atoms with Crippen molar-refractivity contribution in [1.82, 2.24) is 10.2 Å². The van der Waals surface area contributed by atoms with E-state index in [0.717, 1.165) is 24.8 Å². The normalized spacial score (nSPS) is 17.5. The van der Waals surface area contributed by atoms with E-state index in [2.05, 4.69) is 5.32 Å². The third kappa shape index (κ3) is 3.62. The number of rotatable bonds is 3. The molecule has 1 heterocycles. The van der Waals surface area contributed by atoms with Gasteiger partial charge in [-0.3, -0.25) is 0 Å². The van der Waals surface area contributed by atoms with Gasteiger partial charge in [0.2, 0.25) is 0 Å². The van der Waals surface area contributed by atoms with Crippen LogP contribution < -0.4 is 5.32 Å². The fraction of sp³-hybridized carbons (Fsp3) is 0.316. The van der Waals surface area contributed by atoms with Crippen molar-refractivity contribution in [3.63, 3.8) is 0 Å². The standard InChI is InChI=1S/C19H22N2O3/c22-15-9-10-16(18(23)12-15)17-8-4-5-11-21(17)19(24)20-13-14-6-2-1-3-7-14/h1-3,6-7,9-10,12,17,22-23H,4-5,8,11,13H2,(H,20,24). The van der Waals surface area contributed by atoms with Crippen molar-refractivity contribution >= 4 is 6.03 Å². The second-order valence-corrected chi connectivity index (χ2v) is 6.09. The molecule has 1 fully saturated rings. The highest BCUT2D eigenvalue weighted by molar-refractivity contribution is 5.75. The SMILES string of the molecule is O=C(NCc1ccccc1)N1CCCCC1c1ccc(O)cc1O. The Morgan fingerprint density at radius 2 is 1.92 bits per heavy atom. The first-order valence-electron chi connectivity index (χ1n) is 8.25. The van der Waals surface area contributed by atoms with Crippen LogP contribution in [0.2, 0.25) is 0 Å². The number of carbonyl (C=O) groups is 1. The molecule has 0 spiro atoms. The third-order valence-electron chi connectivity index (χ3n) is 4.42. The maximum atomic E-state index is 12.6. The van der Waals surface area contributed by atoms with Gasteiger partial charge in [-0.1, -0.05) is 30.3 Å². The molecule has 1 unspecified atom stereocenters. The molecule has 0 aliphatic carbocycles. The molecule has 0 radical (unpaired) electrons. The van der Waals surface area contributed by atoms with Crippen molar-refractivity contribution < 1.29 is 15.0 Å². The predicted octanol–water partition coefficient (Wildman–Crippen LogP) is 3.53. The Labute approximate surface area is 141 Å². The molecular weight excluding hydrogens is 304 g/mol. The zero-order chi connectivity index (χ0) is 16.9. The van der Waals surface area contributed by atoms with Crippen LogP contribution >= 0.6 is 0 Å². The van der Waals surface area contributed by atoms with Gasteiger partial charge in [0.15, 0.2) is 0 Å². The molecule has 3 N–H and O–H groups in total. The van der Waals surface area contributed by atoms with E-state index in [9.17, 15) is 15.0 Å². The summed E-state index contributed by atoms with van der Waals surface area (Å²) in [4.78, 5) is 14.4. The summed E-state index contributed by atoms with van der Waals surface area (Å²) in [5.41, 5.74) is 1.73. The number of benzene rings is 2. The Morgan fingerprint density at radius 3 is 2.67 bits per heavy atom. The second-order valence-electron chi connectivity index (χ2n) is 6.09. The minimum absolute atomic E-state index is 0.0205. The number of hydrogen-bond acceptors (Lipinski definition) is 3. The molecule has 126 valence electrons. The summed E-state index contributed by atoms with van der Waals surface area (Å²) in [6, 6.07) is 14.0. The molecule has 3 rings (SSSR count). The topological polar surface area (TPSA) is 72.8 Å². The molecule has 5 heteroatoms. The molecule has 0 saturated carbocycles. The quantitative estimate of drug-likeness (QED) is 0.808. The van der Waals surface area contributed by atoms with E-state index in [0.29, 0.717) is 18.7 Å². The van der Waals surface area contributed by atoms with Gasteiger partial charge in [0.25, 0.3) is 0 Å². The van der Waals surface area contributed by atoms with E-state index in [1.54, 1.807) is 17.0 Å². The lowest BCUT2D eigenvalue weighted by molar-refractivity contribution is 0.150. The molecule has 0 aromatic heterocycles. The van der Waals surface area contributed by atoms with Crippen LogP contribution in [0.1, 0.15) is 36.4 Å². The van der Waals surface area contributed by atoms with Gasteiger partial charge in [-0.15, -0.1) is 0 Å². The zero-order valence-electron chi connectivity index (χ0n) is 13.5. The van der Waals surface area contributed by atoms with Crippen LogP contribution in [0.15, 0.2) is 48.5 Å². The van der Waals surface area contributed by atoms with Crippen LogP contribution in [0.25, 0.3) is 0 Å². The van der Waals surface area contributed by atoms with E-state index in [1.165, 1.54) is 6.07 Å². The van der Waals surface area contributed by atoms with Gasteiger partial charge >= 0.3 is 6.03 Å². The number of piperidine rings is 1. The largest absolute Gasteiger partial charge is 0.508 e. The molecule has 1 saturated heterocycles. The Kier molecular flexibility index (Phi) is 4.89. The highest BCUT2D eigenvalue weighted by atomic mass is 16.3. The maximum absolute atomic E-state index is 12.6. The molecule has 1 aliphatic rings. The van der Waals surface area contributed by atoms with Gasteiger partial charge in [-0.05, 0) is 37.0 Å². The van der Waals surface area contributed by atoms with Gasteiger partial charge < -0.3 is 20.4 Å². The van der Waals surface area contributed by atoms with E-state index in [4.69, 9.17) is 0 Å². The minimum Gasteiger partial charge on any atom is -0.508 e. The molecule has 2 amide bonds. The molecule has 24 heavy (non-hydrogen) atoms. The summed E-state index contributed by atoms with van der Waals surface area (Å²) in [6.07, 6.45) is 2.76. The van der Waals surface area contributed by atoms with Gasteiger partial charge in [0.1, 0.15) is 11.5 Å². The van der Waals surface area contributed by atoms with Crippen molar-refractivity contribution in [3.8, 4) is 11.5 Å². The number of phenols is 2. The lowest BCUT2D eigenvalue weighted by Crippen LogP contribution is -2.44. The molecule has 1 aliphatic heterocycles. The number of phenolic OH excluding ortho intramolecular Hbond substituents is 2. The van der Waals surface area contributed by atoms with Crippen molar-refractivity contribution in [2.45, 2.75) is 31.8 Å². The summed E-state index contributed by atoms with van der Waals surface area (Å²) >= 11 is 0. The first kappa shape index (κ1) is 16.2. The monoisotopic (exact) mass is 326 g/mol. The van der Waals surface area contributed by atoms with Crippen LogP contribution in [0.5, 0.6) is 11.5 Å². The van der Waals surface area contributed by atoms with Gasteiger partial charge in [0, 0.05) is 24.7 Å². The molecule has 1 atom stereocenters. The number of amides is 2. The number of urea groups is 1. The van der Waals surface area contributed by atoms with Crippen LogP contribution in [-0.2, 0) is 6.54 Å². The molecule has 2 aromatic carbocycles. The number of aromatic hydroxyl groups is 2. The Bertz CT molecular complexity index is 703. The highest BCUT2D eigenvalue weighted by Crippen LogP contribution is 2.37. The van der Waals surface area contributed by atoms with Crippen molar-refractivity contribution in [3.05, 3.63) is 59.7 Å². The average Bonchev–Trinajstić information content (AvgIpc) is 2.61. The lowest BCUT2D eigenvalue weighted by atomic mass is 9.94. The lowest BCUT2D eigenvalue weighted by Gasteiger charge is -2.36. The third-order valence-corrected chi connectivity index (χ3v) is 4.42. The Balaban J connectivity index is 1.73. The summed E-state index contributed by atoms with van der Waals surface area (Å²) in [5, 5.41) is 22.6. The molecule has 5 nitrogen and oxygen atoms in total. The van der Waals surface area contributed by atoms with Gasteiger partial charge in [0.05, 0.1) is 6.04 Å². The van der Waals surface area contributed by atoms with Gasteiger partial charge in [-0.25, -0.2) is 4.79 Å². The first-order chi connectivity index (χ1) is 11.6. The highest BCUT2D eigenvalue weighted by Gasteiger charge is 2.29. The summed E-state index contributed by atoms with van der Waals surface area (Å²) in [5.74, 6) is 0.0508. The van der Waals surface area contributed by atoms with E-state index in [-0.39, 0.29) is 23.6 Å². The predicted molar refractivity (Wildman–Crippen MR) is 91.7 cm³/mol.